The Labute approximate surface area is 97.6 Å². The lowest BCUT2D eigenvalue weighted by Gasteiger charge is -2.12. The third-order valence-electron chi connectivity index (χ3n) is 2.02. The highest BCUT2D eigenvalue weighted by molar-refractivity contribution is 5.74. The number of urea groups is 1. The zero-order chi connectivity index (χ0) is 12.4. The number of carbonyl (C=O) groups is 1. The highest BCUT2D eigenvalue weighted by Crippen LogP contribution is 1.98. The van der Waals surface area contributed by atoms with Crippen LogP contribution in [0.5, 0.6) is 0 Å². The van der Waals surface area contributed by atoms with Crippen molar-refractivity contribution in [3.8, 4) is 0 Å². The van der Waals surface area contributed by atoms with E-state index >= 15 is 0 Å². The van der Waals surface area contributed by atoms with Gasteiger partial charge in [0.25, 0.3) is 0 Å². The minimum Gasteiger partial charge on any atom is -0.394 e. The monoisotopic (exact) mass is 232 g/mol. The van der Waals surface area contributed by atoms with Crippen LogP contribution in [-0.2, 0) is 4.74 Å². The predicted octanol–water partition coefficient (Wildman–Crippen LogP) is 0.729. The third-order valence-corrected chi connectivity index (χ3v) is 2.02. The first kappa shape index (κ1) is 15.2. The number of amides is 2. The Morgan fingerprint density at radius 2 is 2.00 bits per heavy atom. The number of rotatable bonds is 8. The smallest absolute Gasteiger partial charge is 0.315 e. The molecule has 3 N–H and O–H groups in total. The summed E-state index contributed by atoms with van der Waals surface area (Å²) in [5, 5.41) is 13.9. The van der Waals surface area contributed by atoms with Crippen LogP contribution < -0.4 is 10.6 Å². The Morgan fingerprint density at radius 1 is 1.31 bits per heavy atom. The van der Waals surface area contributed by atoms with Crippen LogP contribution in [0.1, 0.15) is 27.2 Å². The Kier molecular flexibility index (Phi) is 8.94. The van der Waals surface area contributed by atoms with Gasteiger partial charge in [-0.3, -0.25) is 0 Å². The molecule has 0 spiro atoms. The molecule has 0 aliphatic rings. The molecule has 0 aromatic heterocycles. The minimum atomic E-state index is -0.269. The van der Waals surface area contributed by atoms with Crippen LogP contribution in [0.4, 0.5) is 4.79 Å². The molecule has 0 aliphatic carbocycles. The largest absolute Gasteiger partial charge is 0.394 e. The van der Waals surface area contributed by atoms with Crippen LogP contribution in [0.2, 0.25) is 0 Å². The summed E-state index contributed by atoms with van der Waals surface area (Å²) in [5.74, 6) is 0.640. The first-order valence-corrected chi connectivity index (χ1v) is 5.79. The molecule has 0 fully saturated rings. The van der Waals surface area contributed by atoms with E-state index in [1.165, 1.54) is 0 Å². The predicted molar refractivity (Wildman–Crippen MR) is 63.4 cm³/mol. The van der Waals surface area contributed by atoms with Crippen molar-refractivity contribution in [2.45, 2.75) is 33.2 Å². The quantitative estimate of drug-likeness (QED) is 0.540. The number of nitrogens with one attached hydrogen (secondary N) is 2. The Hall–Kier alpha value is -0.810. The van der Waals surface area contributed by atoms with Crippen molar-refractivity contribution in [2.75, 3.05) is 26.4 Å². The number of ether oxygens (including phenoxy) is 1. The maximum absolute atomic E-state index is 11.2. The van der Waals surface area contributed by atoms with Gasteiger partial charge in [0.15, 0.2) is 0 Å². The lowest BCUT2D eigenvalue weighted by Crippen LogP contribution is -2.43. The van der Waals surface area contributed by atoms with Crippen molar-refractivity contribution >= 4 is 6.03 Å². The lowest BCUT2D eigenvalue weighted by molar-refractivity contribution is 0.125. The molecule has 0 saturated heterocycles. The second-order valence-electron chi connectivity index (χ2n) is 4.28. The zero-order valence-electron chi connectivity index (χ0n) is 10.5. The maximum atomic E-state index is 11.2. The summed E-state index contributed by atoms with van der Waals surface area (Å²) < 4.78 is 5.33. The van der Waals surface area contributed by atoms with E-state index in [9.17, 15) is 4.79 Å². The fourth-order valence-electron chi connectivity index (χ4n) is 0.978. The lowest BCUT2D eigenvalue weighted by atomic mass is 10.1. The van der Waals surface area contributed by atoms with E-state index in [4.69, 9.17) is 9.84 Å². The number of hydrogen-bond acceptors (Lipinski definition) is 3. The van der Waals surface area contributed by atoms with Gasteiger partial charge in [-0.05, 0) is 19.3 Å². The van der Waals surface area contributed by atoms with Gasteiger partial charge >= 0.3 is 6.03 Å². The average molecular weight is 232 g/mol. The molecule has 0 aromatic carbocycles. The van der Waals surface area contributed by atoms with E-state index in [2.05, 4.69) is 24.5 Å². The van der Waals surface area contributed by atoms with Gasteiger partial charge in [0, 0.05) is 13.2 Å². The first-order valence-electron chi connectivity index (χ1n) is 5.79. The molecule has 96 valence electrons. The van der Waals surface area contributed by atoms with E-state index in [1.807, 2.05) is 0 Å². The van der Waals surface area contributed by atoms with Crippen LogP contribution >= 0.6 is 0 Å². The molecule has 5 nitrogen and oxygen atoms in total. The van der Waals surface area contributed by atoms with Crippen molar-refractivity contribution in [1.29, 1.82) is 0 Å². The van der Waals surface area contributed by atoms with Crippen molar-refractivity contribution in [2.24, 2.45) is 5.92 Å². The Morgan fingerprint density at radius 3 is 2.56 bits per heavy atom. The van der Waals surface area contributed by atoms with E-state index in [-0.39, 0.29) is 18.7 Å². The van der Waals surface area contributed by atoms with E-state index in [0.717, 1.165) is 13.0 Å². The van der Waals surface area contributed by atoms with Crippen LogP contribution in [-0.4, -0.2) is 43.5 Å². The van der Waals surface area contributed by atoms with Crippen LogP contribution in [0.15, 0.2) is 0 Å². The van der Waals surface area contributed by atoms with Crippen LogP contribution in [0.25, 0.3) is 0 Å². The fraction of sp³-hybridized carbons (Fsp3) is 0.909. The molecular weight excluding hydrogens is 208 g/mol. The summed E-state index contributed by atoms with van der Waals surface area (Å²) in [5.41, 5.74) is 0. The molecule has 0 rings (SSSR count). The maximum Gasteiger partial charge on any atom is 0.315 e. The van der Waals surface area contributed by atoms with Crippen molar-refractivity contribution < 1.29 is 14.6 Å². The van der Waals surface area contributed by atoms with Gasteiger partial charge in [0.05, 0.1) is 19.3 Å². The summed E-state index contributed by atoms with van der Waals surface area (Å²) in [4.78, 5) is 11.2. The summed E-state index contributed by atoms with van der Waals surface area (Å²) in [6.45, 7) is 7.71. The summed E-state index contributed by atoms with van der Waals surface area (Å²) in [7, 11) is 0. The number of aliphatic hydroxyl groups excluding tert-OH is 1. The SMILES string of the molecule is CC(C)CCOCCNC(=O)N[C@@H](C)CO. The van der Waals surface area contributed by atoms with Gasteiger partial charge in [-0.15, -0.1) is 0 Å². The summed E-state index contributed by atoms with van der Waals surface area (Å²) in [6.07, 6.45) is 1.04. The normalized spacial score (nSPS) is 12.6. The van der Waals surface area contributed by atoms with Gasteiger partial charge in [0.2, 0.25) is 0 Å². The molecule has 5 heteroatoms. The molecule has 0 heterocycles. The second kappa shape index (κ2) is 9.42. The minimum absolute atomic E-state index is 0.0572. The molecule has 0 unspecified atom stereocenters. The van der Waals surface area contributed by atoms with Crippen molar-refractivity contribution in [1.82, 2.24) is 10.6 Å². The zero-order valence-corrected chi connectivity index (χ0v) is 10.5. The molecule has 0 saturated carbocycles. The molecule has 0 aromatic rings. The fourth-order valence-corrected chi connectivity index (χ4v) is 0.978. The molecular formula is C11H24N2O3. The standard InChI is InChI=1S/C11H24N2O3/c1-9(2)4-6-16-7-5-12-11(15)13-10(3)8-14/h9-10,14H,4-8H2,1-3H3,(H2,12,13,15)/t10-/m0/s1. The molecule has 0 aliphatic heterocycles. The molecule has 2 amide bonds. The van der Waals surface area contributed by atoms with Crippen molar-refractivity contribution in [3.05, 3.63) is 0 Å². The van der Waals surface area contributed by atoms with Gasteiger partial charge in [-0.1, -0.05) is 13.8 Å². The van der Waals surface area contributed by atoms with Gasteiger partial charge < -0.3 is 20.5 Å². The summed E-state index contributed by atoms with van der Waals surface area (Å²) in [6, 6.07) is -0.490. The topological polar surface area (TPSA) is 70.6 Å². The third kappa shape index (κ3) is 9.73. The van der Waals surface area contributed by atoms with Gasteiger partial charge in [-0.25, -0.2) is 4.79 Å². The molecule has 0 bridgehead atoms. The number of hydrogen-bond donors (Lipinski definition) is 3. The van der Waals surface area contributed by atoms with Gasteiger partial charge in [0.1, 0.15) is 0 Å². The number of carbonyl (C=O) groups excluding carboxylic acids is 1. The van der Waals surface area contributed by atoms with Gasteiger partial charge in [-0.2, -0.15) is 0 Å². The number of aliphatic hydroxyl groups is 1. The van der Waals surface area contributed by atoms with E-state index < -0.39 is 0 Å². The van der Waals surface area contributed by atoms with E-state index in [0.29, 0.717) is 19.1 Å². The molecule has 1 atom stereocenters. The van der Waals surface area contributed by atoms with E-state index in [1.54, 1.807) is 6.92 Å². The Bertz CT molecular complexity index is 186. The highest BCUT2D eigenvalue weighted by Gasteiger charge is 2.04. The molecule has 0 radical (unpaired) electrons. The first-order chi connectivity index (χ1) is 7.56. The van der Waals surface area contributed by atoms with Crippen LogP contribution in [0, 0.1) is 5.92 Å². The highest BCUT2D eigenvalue weighted by atomic mass is 16.5. The Balaban J connectivity index is 3.28. The summed E-state index contributed by atoms with van der Waals surface area (Å²) >= 11 is 0. The second-order valence-corrected chi connectivity index (χ2v) is 4.28. The average Bonchev–Trinajstić information content (AvgIpc) is 2.22. The molecule has 16 heavy (non-hydrogen) atoms. The van der Waals surface area contributed by atoms with Crippen LogP contribution in [0.3, 0.4) is 0 Å². The van der Waals surface area contributed by atoms with Crippen molar-refractivity contribution in [3.63, 3.8) is 0 Å².